The molecule has 0 radical (unpaired) electrons. The minimum absolute atomic E-state index is 0.00522. The smallest absolute Gasteiger partial charge is 0.164 e. The van der Waals surface area contributed by atoms with Gasteiger partial charge in [-0.3, -0.25) is 4.99 Å². The molecule has 4 rings (SSSR count). The Morgan fingerprint density at radius 2 is 1.96 bits per heavy atom. The summed E-state index contributed by atoms with van der Waals surface area (Å²) >= 11 is 4.79. The molecule has 27 heavy (non-hydrogen) atoms. The topological polar surface area (TPSA) is 49.7 Å². The average Bonchev–Trinajstić information content (AvgIpc) is 3.06. The number of benzene rings is 2. The summed E-state index contributed by atoms with van der Waals surface area (Å²) in [6.45, 7) is 2.04. The zero-order chi connectivity index (χ0) is 19.2. The van der Waals surface area contributed by atoms with Gasteiger partial charge in [-0.2, -0.15) is 0 Å². The highest BCUT2D eigenvalue weighted by Crippen LogP contribution is 2.37. The van der Waals surface area contributed by atoms with Gasteiger partial charge in [-0.05, 0) is 30.7 Å². The monoisotopic (exact) mass is 468 g/mol. The van der Waals surface area contributed by atoms with Crippen molar-refractivity contribution in [3.63, 3.8) is 0 Å². The highest BCUT2D eigenvalue weighted by atomic mass is 79.9. The lowest BCUT2D eigenvalue weighted by Crippen LogP contribution is -2.39. The normalized spacial score (nSPS) is 23.4. The van der Waals surface area contributed by atoms with Gasteiger partial charge in [0.2, 0.25) is 0 Å². The van der Waals surface area contributed by atoms with Gasteiger partial charge in [0.1, 0.15) is 5.82 Å². The maximum Gasteiger partial charge on any atom is 0.164 e. The van der Waals surface area contributed by atoms with Crippen LogP contribution in [0.3, 0.4) is 0 Å². The summed E-state index contributed by atoms with van der Waals surface area (Å²) in [6, 6.07) is 12.4. The first-order chi connectivity index (χ1) is 12.8. The van der Waals surface area contributed by atoms with Gasteiger partial charge in [0.05, 0.1) is 29.3 Å². The van der Waals surface area contributed by atoms with Gasteiger partial charge in [0, 0.05) is 10.2 Å². The first kappa shape index (κ1) is 19.0. The van der Waals surface area contributed by atoms with Gasteiger partial charge < -0.3 is 4.90 Å². The number of fused-ring (bicyclic) bond motifs is 1. The fourth-order valence-electron chi connectivity index (χ4n) is 3.42. The quantitative estimate of drug-likeness (QED) is 0.677. The molecular weight excluding hydrogens is 451 g/mol. The molecular formula is C19H18BrFN2O2S2. The number of sulfone groups is 1. The predicted molar refractivity (Wildman–Crippen MR) is 113 cm³/mol. The van der Waals surface area contributed by atoms with E-state index in [0.717, 1.165) is 5.56 Å². The standard InChI is InChI=1S/C19H18BrFN2O2S2/c1-12-2-4-13(5-3-12)9-26-19-22-16-10-27(24,25)11-18(16)23(19)17-7-6-14(20)8-15(17)21/h2-8,16,18H,9-11H2,1H3. The lowest BCUT2D eigenvalue weighted by atomic mass is 10.1. The molecule has 142 valence electrons. The van der Waals surface area contributed by atoms with E-state index in [1.807, 2.05) is 6.92 Å². The van der Waals surface area contributed by atoms with E-state index in [0.29, 0.717) is 21.1 Å². The van der Waals surface area contributed by atoms with Crippen LogP contribution < -0.4 is 4.90 Å². The van der Waals surface area contributed by atoms with E-state index >= 15 is 0 Å². The zero-order valence-electron chi connectivity index (χ0n) is 14.6. The molecule has 2 heterocycles. The maximum absolute atomic E-state index is 14.6. The van der Waals surface area contributed by atoms with Crippen LogP contribution in [-0.4, -0.2) is 37.2 Å². The second-order valence-electron chi connectivity index (χ2n) is 6.86. The molecule has 0 aromatic heterocycles. The summed E-state index contributed by atoms with van der Waals surface area (Å²) < 4.78 is 39.4. The van der Waals surface area contributed by atoms with Gasteiger partial charge in [-0.15, -0.1) is 0 Å². The van der Waals surface area contributed by atoms with Crippen molar-refractivity contribution >= 4 is 48.4 Å². The number of rotatable bonds is 3. The average molecular weight is 469 g/mol. The highest BCUT2D eigenvalue weighted by Gasteiger charge is 2.47. The minimum atomic E-state index is -3.15. The molecule has 4 nitrogen and oxygen atoms in total. The molecule has 0 spiro atoms. The number of hydrogen-bond acceptors (Lipinski definition) is 5. The number of hydrogen-bond donors (Lipinski definition) is 0. The number of nitrogens with zero attached hydrogens (tertiary/aromatic N) is 2. The Kier molecular flexibility index (Phi) is 5.07. The molecule has 1 saturated heterocycles. The van der Waals surface area contributed by atoms with Crippen molar-refractivity contribution in [2.75, 3.05) is 16.4 Å². The molecule has 0 bridgehead atoms. The fraction of sp³-hybridized carbons (Fsp3) is 0.316. The van der Waals surface area contributed by atoms with Crippen molar-refractivity contribution in [2.45, 2.75) is 24.8 Å². The Labute approximate surface area is 170 Å². The predicted octanol–water partition coefficient (Wildman–Crippen LogP) is 4.17. The second kappa shape index (κ2) is 7.22. The third-order valence-corrected chi connectivity index (χ3v) is 8.00. The minimum Gasteiger partial charge on any atom is -0.312 e. The number of halogens is 2. The Balaban J connectivity index is 1.64. The highest BCUT2D eigenvalue weighted by molar-refractivity contribution is 9.10. The molecule has 0 N–H and O–H groups in total. The lowest BCUT2D eigenvalue weighted by Gasteiger charge is -2.27. The lowest BCUT2D eigenvalue weighted by molar-refractivity contribution is 0.600. The molecule has 2 aromatic carbocycles. The number of aryl methyl sites for hydroxylation is 1. The number of amidine groups is 1. The molecule has 0 aliphatic carbocycles. The molecule has 2 aliphatic rings. The van der Waals surface area contributed by atoms with E-state index in [9.17, 15) is 12.8 Å². The third-order valence-electron chi connectivity index (χ3n) is 4.77. The molecule has 2 unspecified atom stereocenters. The molecule has 2 aliphatic heterocycles. The molecule has 0 saturated carbocycles. The van der Waals surface area contributed by atoms with Crippen LogP contribution in [0.25, 0.3) is 0 Å². The molecule has 1 fully saturated rings. The van der Waals surface area contributed by atoms with Crippen molar-refractivity contribution in [3.05, 3.63) is 63.9 Å². The number of anilines is 1. The number of thioether (sulfide) groups is 1. The van der Waals surface area contributed by atoms with Crippen LogP contribution in [0, 0.1) is 12.7 Å². The van der Waals surface area contributed by atoms with Gasteiger partial charge in [-0.25, -0.2) is 12.8 Å². The molecule has 2 aromatic rings. The van der Waals surface area contributed by atoms with Crippen LogP contribution in [-0.2, 0) is 15.6 Å². The Morgan fingerprint density at radius 1 is 1.22 bits per heavy atom. The van der Waals surface area contributed by atoms with Crippen LogP contribution in [0.1, 0.15) is 11.1 Å². The van der Waals surface area contributed by atoms with E-state index in [2.05, 4.69) is 45.2 Å². The summed E-state index contributed by atoms with van der Waals surface area (Å²) in [5.74, 6) is 0.338. The fourth-order valence-corrected chi connectivity index (χ4v) is 6.67. The molecule has 2 atom stereocenters. The van der Waals surface area contributed by atoms with Gasteiger partial charge in [0.15, 0.2) is 15.0 Å². The summed E-state index contributed by atoms with van der Waals surface area (Å²) in [5.41, 5.74) is 2.72. The van der Waals surface area contributed by atoms with E-state index in [1.54, 1.807) is 17.0 Å². The third kappa shape index (κ3) is 3.93. The second-order valence-corrected chi connectivity index (χ2v) is 10.9. The van der Waals surface area contributed by atoms with E-state index < -0.39 is 15.7 Å². The van der Waals surface area contributed by atoms with E-state index in [4.69, 9.17) is 0 Å². The van der Waals surface area contributed by atoms with Crippen molar-refractivity contribution in [1.82, 2.24) is 0 Å². The van der Waals surface area contributed by atoms with Crippen LogP contribution in [0.4, 0.5) is 10.1 Å². The van der Waals surface area contributed by atoms with Crippen LogP contribution in [0.2, 0.25) is 0 Å². The Hall–Kier alpha value is -1.38. The first-order valence-corrected chi connectivity index (χ1v) is 12.1. The summed E-state index contributed by atoms with van der Waals surface area (Å²) in [4.78, 5) is 6.42. The van der Waals surface area contributed by atoms with Crippen molar-refractivity contribution < 1.29 is 12.8 Å². The van der Waals surface area contributed by atoms with Gasteiger partial charge >= 0.3 is 0 Å². The van der Waals surface area contributed by atoms with Crippen molar-refractivity contribution in [3.8, 4) is 0 Å². The summed E-state index contributed by atoms with van der Waals surface area (Å²) in [7, 11) is -3.15. The summed E-state index contributed by atoms with van der Waals surface area (Å²) in [6.07, 6.45) is 0. The number of aliphatic imine (C=N–C) groups is 1. The largest absolute Gasteiger partial charge is 0.312 e. The van der Waals surface area contributed by atoms with Crippen LogP contribution in [0.15, 0.2) is 51.9 Å². The van der Waals surface area contributed by atoms with E-state index in [1.165, 1.54) is 23.4 Å². The zero-order valence-corrected chi connectivity index (χ0v) is 17.8. The van der Waals surface area contributed by atoms with Crippen molar-refractivity contribution in [1.29, 1.82) is 0 Å². The first-order valence-electron chi connectivity index (χ1n) is 8.53. The Bertz CT molecular complexity index is 1010. The molecule has 0 amide bonds. The van der Waals surface area contributed by atoms with Gasteiger partial charge in [0.25, 0.3) is 0 Å². The maximum atomic E-state index is 14.6. The van der Waals surface area contributed by atoms with Crippen LogP contribution in [0.5, 0.6) is 0 Å². The Morgan fingerprint density at radius 3 is 2.67 bits per heavy atom. The van der Waals surface area contributed by atoms with Gasteiger partial charge in [-0.1, -0.05) is 57.5 Å². The van der Waals surface area contributed by atoms with E-state index in [-0.39, 0.29) is 23.6 Å². The molecule has 8 heteroatoms. The van der Waals surface area contributed by atoms with Crippen molar-refractivity contribution in [2.24, 2.45) is 4.99 Å². The summed E-state index contributed by atoms with van der Waals surface area (Å²) in [5, 5.41) is 0.682. The van der Waals surface area contributed by atoms with Crippen LogP contribution >= 0.6 is 27.7 Å². The SMILES string of the molecule is Cc1ccc(CSC2=NC3CS(=O)(=O)CC3N2c2ccc(Br)cc2F)cc1.